The van der Waals surface area contributed by atoms with E-state index >= 15 is 0 Å². The van der Waals surface area contributed by atoms with E-state index in [1.165, 1.54) is 29.5 Å². The maximum absolute atomic E-state index is 13.1. The van der Waals surface area contributed by atoms with E-state index in [1.54, 1.807) is 47.4 Å². The van der Waals surface area contributed by atoms with Crippen molar-refractivity contribution >= 4 is 51.6 Å². The second-order valence-electron chi connectivity index (χ2n) is 6.70. The van der Waals surface area contributed by atoms with E-state index in [4.69, 9.17) is 11.6 Å². The molecule has 3 aromatic rings. The first-order chi connectivity index (χ1) is 14.5. The molecule has 0 radical (unpaired) electrons. The minimum atomic E-state index is -0.350. The number of benzene rings is 2. The molecular formula is C21H16ClFN4O2S. The Kier molecular flexibility index (Phi) is 5.87. The number of rotatable bonds is 5. The van der Waals surface area contributed by atoms with Crippen LogP contribution in [0.3, 0.4) is 0 Å². The summed E-state index contributed by atoms with van der Waals surface area (Å²) in [4.78, 5) is 26.1. The van der Waals surface area contributed by atoms with Gasteiger partial charge in [-0.05, 0) is 48.0 Å². The predicted molar refractivity (Wildman–Crippen MR) is 115 cm³/mol. The van der Waals surface area contributed by atoms with Crippen LogP contribution in [-0.4, -0.2) is 28.6 Å². The Labute approximate surface area is 181 Å². The summed E-state index contributed by atoms with van der Waals surface area (Å²) in [5.74, 6) is -0.867. The molecule has 0 saturated carbocycles. The van der Waals surface area contributed by atoms with Gasteiger partial charge < -0.3 is 4.90 Å². The highest BCUT2D eigenvalue weighted by atomic mass is 35.5. The lowest BCUT2D eigenvalue weighted by Gasteiger charge is -2.16. The Morgan fingerprint density at radius 3 is 2.63 bits per heavy atom. The third-order valence-corrected chi connectivity index (χ3v) is 5.83. The fourth-order valence-electron chi connectivity index (χ4n) is 3.09. The molecule has 0 aliphatic carbocycles. The molecule has 0 bridgehead atoms. The molecule has 2 amide bonds. The molecule has 152 valence electrons. The Morgan fingerprint density at radius 1 is 1.17 bits per heavy atom. The van der Waals surface area contributed by atoms with Crippen molar-refractivity contribution in [2.24, 2.45) is 0 Å². The zero-order chi connectivity index (χ0) is 21.1. The van der Waals surface area contributed by atoms with Gasteiger partial charge in [0.1, 0.15) is 10.8 Å². The molecule has 1 atom stereocenters. The first-order valence-electron chi connectivity index (χ1n) is 9.12. The van der Waals surface area contributed by atoms with Crippen molar-refractivity contribution < 1.29 is 14.0 Å². The first-order valence-corrected chi connectivity index (χ1v) is 10.3. The second kappa shape index (κ2) is 8.73. The molecule has 2 aromatic carbocycles. The third kappa shape index (κ3) is 4.72. The van der Waals surface area contributed by atoms with Gasteiger partial charge in [0.25, 0.3) is 0 Å². The Bertz CT molecular complexity index is 1100. The van der Waals surface area contributed by atoms with E-state index in [2.05, 4.69) is 15.5 Å². The lowest BCUT2D eigenvalue weighted by molar-refractivity contribution is -0.117. The molecule has 30 heavy (non-hydrogen) atoms. The van der Waals surface area contributed by atoms with Gasteiger partial charge in [0, 0.05) is 35.7 Å². The lowest BCUT2D eigenvalue weighted by atomic mass is 10.1. The maximum atomic E-state index is 13.1. The fourth-order valence-corrected chi connectivity index (χ4v) is 4.05. The molecule has 6 nitrogen and oxygen atoms in total. The summed E-state index contributed by atoms with van der Waals surface area (Å²) < 4.78 is 13.1. The average molecular weight is 443 g/mol. The Balaban J connectivity index is 1.38. The summed E-state index contributed by atoms with van der Waals surface area (Å²) in [7, 11) is 0. The van der Waals surface area contributed by atoms with Gasteiger partial charge in [-0.2, -0.15) is 0 Å². The molecule has 1 unspecified atom stereocenters. The van der Waals surface area contributed by atoms with Gasteiger partial charge in [0.05, 0.1) is 0 Å². The summed E-state index contributed by atoms with van der Waals surface area (Å²) in [6.07, 6.45) is 3.36. The SMILES string of the molecule is O=C(/C=C/c1ccc(Cl)cc1)Nc1nnc(C2CC(=O)N(c3ccc(F)cc3)C2)s1. The zero-order valence-corrected chi connectivity index (χ0v) is 17.2. The third-order valence-electron chi connectivity index (χ3n) is 4.58. The Hall–Kier alpha value is -3.10. The predicted octanol–water partition coefficient (Wildman–Crippen LogP) is 4.50. The quantitative estimate of drug-likeness (QED) is 0.590. The van der Waals surface area contributed by atoms with E-state index in [-0.39, 0.29) is 30.0 Å². The highest BCUT2D eigenvalue weighted by molar-refractivity contribution is 7.15. The zero-order valence-electron chi connectivity index (χ0n) is 15.6. The van der Waals surface area contributed by atoms with Crippen molar-refractivity contribution in [1.29, 1.82) is 0 Å². The van der Waals surface area contributed by atoms with Crippen LogP contribution in [0.2, 0.25) is 5.02 Å². The maximum Gasteiger partial charge on any atom is 0.250 e. The smallest absolute Gasteiger partial charge is 0.250 e. The first kappa shape index (κ1) is 20.2. The molecule has 1 aromatic heterocycles. The molecule has 1 N–H and O–H groups in total. The summed E-state index contributed by atoms with van der Waals surface area (Å²) in [6.45, 7) is 0.434. The van der Waals surface area contributed by atoms with Crippen molar-refractivity contribution in [2.75, 3.05) is 16.8 Å². The Morgan fingerprint density at radius 2 is 1.90 bits per heavy atom. The molecule has 4 rings (SSSR count). The number of aromatic nitrogens is 2. The topological polar surface area (TPSA) is 75.2 Å². The monoisotopic (exact) mass is 442 g/mol. The standard InChI is InChI=1S/C21H16ClFN4O2S/c22-15-4-1-13(2-5-15)3-10-18(28)24-21-26-25-20(30-21)14-11-19(29)27(12-14)17-8-6-16(23)7-9-17/h1-10,14H,11-12H2,(H,24,26,28)/b10-3+. The summed E-state index contributed by atoms with van der Waals surface area (Å²) in [5, 5.41) is 12.5. The van der Waals surface area contributed by atoms with Crippen LogP contribution in [0.5, 0.6) is 0 Å². The number of carbonyl (C=O) groups is 2. The van der Waals surface area contributed by atoms with Crippen LogP contribution in [-0.2, 0) is 9.59 Å². The number of anilines is 2. The lowest BCUT2D eigenvalue weighted by Crippen LogP contribution is -2.24. The largest absolute Gasteiger partial charge is 0.312 e. The van der Waals surface area contributed by atoms with Crippen LogP contribution in [0.1, 0.15) is 22.9 Å². The average Bonchev–Trinajstić information content (AvgIpc) is 3.35. The van der Waals surface area contributed by atoms with Crippen molar-refractivity contribution in [3.05, 3.63) is 76.0 Å². The van der Waals surface area contributed by atoms with E-state index in [0.717, 1.165) is 5.56 Å². The molecule has 2 heterocycles. The fraction of sp³-hybridized carbons (Fsp3) is 0.143. The van der Waals surface area contributed by atoms with Crippen LogP contribution in [0, 0.1) is 5.82 Å². The van der Waals surface area contributed by atoms with Gasteiger partial charge in [0.15, 0.2) is 0 Å². The van der Waals surface area contributed by atoms with E-state index in [9.17, 15) is 14.0 Å². The van der Waals surface area contributed by atoms with Gasteiger partial charge in [-0.25, -0.2) is 4.39 Å². The highest BCUT2D eigenvalue weighted by Gasteiger charge is 2.33. The van der Waals surface area contributed by atoms with Gasteiger partial charge in [-0.1, -0.05) is 35.1 Å². The van der Waals surface area contributed by atoms with Crippen molar-refractivity contribution in [3.8, 4) is 0 Å². The minimum Gasteiger partial charge on any atom is -0.312 e. The van der Waals surface area contributed by atoms with E-state index in [1.807, 2.05) is 0 Å². The van der Waals surface area contributed by atoms with Crippen molar-refractivity contribution in [1.82, 2.24) is 10.2 Å². The van der Waals surface area contributed by atoms with Gasteiger partial charge >= 0.3 is 0 Å². The summed E-state index contributed by atoms with van der Waals surface area (Å²) >= 11 is 7.08. The van der Waals surface area contributed by atoms with Crippen LogP contribution in [0.25, 0.3) is 6.08 Å². The number of halogens is 2. The van der Waals surface area contributed by atoms with Gasteiger partial charge in [-0.3, -0.25) is 14.9 Å². The van der Waals surface area contributed by atoms with Crippen LogP contribution < -0.4 is 10.2 Å². The summed E-state index contributed by atoms with van der Waals surface area (Å²) in [5.41, 5.74) is 1.49. The van der Waals surface area contributed by atoms with E-state index < -0.39 is 0 Å². The normalized spacial score (nSPS) is 16.4. The van der Waals surface area contributed by atoms with Gasteiger partial charge in [0.2, 0.25) is 16.9 Å². The van der Waals surface area contributed by atoms with Crippen LogP contribution in [0.4, 0.5) is 15.2 Å². The number of nitrogens with zero attached hydrogens (tertiary/aromatic N) is 3. The highest BCUT2D eigenvalue weighted by Crippen LogP contribution is 2.34. The minimum absolute atomic E-state index is 0.0571. The number of carbonyl (C=O) groups excluding carboxylic acids is 2. The van der Waals surface area contributed by atoms with E-state index in [0.29, 0.717) is 27.4 Å². The number of hydrogen-bond donors (Lipinski definition) is 1. The molecule has 1 aliphatic heterocycles. The van der Waals surface area contributed by atoms with Crippen LogP contribution >= 0.6 is 22.9 Å². The molecule has 1 aliphatic rings. The molecular weight excluding hydrogens is 427 g/mol. The van der Waals surface area contributed by atoms with Crippen LogP contribution in [0.15, 0.2) is 54.6 Å². The van der Waals surface area contributed by atoms with Crippen molar-refractivity contribution in [3.63, 3.8) is 0 Å². The summed E-state index contributed by atoms with van der Waals surface area (Å²) in [6, 6.07) is 12.9. The number of nitrogens with one attached hydrogen (secondary N) is 1. The molecule has 1 fully saturated rings. The number of amides is 2. The van der Waals surface area contributed by atoms with Crippen molar-refractivity contribution in [2.45, 2.75) is 12.3 Å². The molecule has 1 saturated heterocycles. The molecule has 0 spiro atoms. The molecule has 9 heteroatoms. The second-order valence-corrected chi connectivity index (χ2v) is 8.15. The van der Waals surface area contributed by atoms with Gasteiger partial charge in [-0.15, -0.1) is 10.2 Å². The number of hydrogen-bond acceptors (Lipinski definition) is 5.